The number of carbonyl (C=O) groups is 1. The highest BCUT2D eigenvalue weighted by atomic mass is 16.3. The van der Waals surface area contributed by atoms with E-state index < -0.39 is 0 Å². The Kier molecular flexibility index (Phi) is 3.14. The van der Waals surface area contributed by atoms with Gasteiger partial charge in [-0.3, -0.25) is 4.79 Å². The first-order valence-electron chi connectivity index (χ1n) is 5.25. The topological polar surface area (TPSA) is 62.5 Å². The number of phenolic OH excluding ortho intramolecular Hbond substituents is 1. The molecule has 1 aromatic carbocycles. The summed E-state index contributed by atoms with van der Waals surface area (Å²) in [5.41, 5.74) is 2.22. The van der Waals surface area contributed by atoms with Gasteiger partial charge in [-0.05, 0) is 36.8 Å². The fourth-order valence-corrected chi connectivity index (χ4v) is 1.57. The molecule has 1 amide bonds. The molecular weight excluding hydrogens is 218 g/mol. The van der Waals surface area contributed by atoms with Gasteiger partial charge in [0.2, 0.25) is 0 Å². The molecule has 0 saturated heterocycles. The van der Waals surface area contributed by atoms with Crippen LogP contribution in [0.2, 0.25) is 0 Å². The van der Waals surface area contributed by atoms with Gasteiger partial charge in [-0.1, -0.05) is 0 Å². The van der Waals surface area contributed by atoms with Crippen LogP contribution in [0.5, 0.6) is 5.75 Å². The summed E-state index contributed by atoms with van der Waals surface area (Å²) < 4.78 is 4.91. The average Bonchev–Trinajstić information content (AvgIpc) is 2.78. The van der Waals surface area contributed by atoms with E-state index in [-0.39, 0.29) is 11.7 Å². The summed E-state index contributed by atoms with van der Waals surface area (Å²) in [7, 11) is 0. The Bertz CT molecular complexity index is 517. The van der Waals surface area contributed by atoms with Crippen LogP contribution in [0.1, 0.15) is 21.5 Å². The molecular formula is C13H13NO3. The molecule has 0 spiro atoms. The first-order valence-corrected chi connectivity index (χ1v) is 5.25. The molecule has 0 saturated carbocycles. The minimum Gasteiger partial charge on any atom is -0.508 e. The van der Waals surface area contributed by atoms with Crippen molar-refractivity contribution in [2.75, 3.05) is 0 Å². The van der Waals surface area contributed by atoms with Gasteiger partial charge in [0.15, 0.2) is 0 Å². The molecule has 2 N–H and O–H groups in total. The van der Waals surface area contributed by atoms with Crippen molar-refractivity contribution < 1.29 is 14.3 Å². The Balaban J connectivity index is 2.04. The number of amides is 1. The minimum absolute atomic E-state index is 0.161. The summed E-state index contributed by atoms with van der Waals surface area (Å²) in [6.07, 6.45) is 3.15. The number of hydrogen-bond donors (Lipinski definition) is 2. The van der Waals surface area contributed by atoms with Gasteiger partial charge < -0.3 is 14.8 Å². The normalized spacial score (nSPS) is 10.2. The van der Waals surface area contributed by atoms with Gasteiger partial charge in [0.25, 0.3) is 5.91 Å². The first kappa shape index (κ1) is 11.3. The molecule has 0 unspecified atom stereocenters. The van der Waals surface area contributed by atoms with Crippen LogP contribution in [-0.2, 0) is 6.54 Å². The average molecular weight is 231 g/mol. The number of phenols is 1. The Hall–Kier alpha value is -2.23. The molecule has 0 aliphatic rings. The molecule has 0 bridgehead atoms. The number of aromatic hydroxyl groups is 1. The predicted molar refractivity (Wildman–Crippen MR) is 62.7 cm³/mol. The molecule has 17 heavy (non-hydrogen) atoms. The Morgan fingerprint density at radius 2 is 2.24 bits per heavy atom. The summed E-state index contributed by atoms with van der Waals surface area (Å²) in [6.45, 7) is 2.21. The fourth-order valence-electron chi connectivity index (χ4n) is 1.57. The number of carbonyl (C=O) groups excluding carboxylic acids is 1. The number of aryl methyl sites for hydroxylation is 1. The molecule has 2 rings (SSSR count). The third kappa shape index (κ3) is 2.66. The smallest absolute Gasteiger partial charge is 0.251 e. The van der Waals surface area contributed by atoms with Crippen molar-refractivity contribution >= 4 is 5.91 Å². The van der Waals surface area contributed by atoms with Crippen LogP contribution in [0.4, 0.5) is 0 Å². The lowest BCUT2D eigenvalue weighted by Crippen LogP contribution is -2.23. The van der Waals surface area contributed by atoms with Crippen molar-refractivity contribution in [1.82, 2.24) is 5.32 Å². The van der Waals surface area contributed by atoms with Gasteiger partial charge in [-0.2, -0.15) is 0 Å². The zero-order chi connectivity index (χ0) is 12.3. The second-order valence-electron chi connectivity index (χ2n) is 3.81. The Morgan fingerprint density at radius 3 is 2.88 bits per heavy atom. The first-order chi connectivity index (χ1) is 8.16. The third-order valence-corrected chi connectivity index (χ3v) is 2.49. The second kappa shape index (κ2) is 4.74. The summed E-state index contributed by atoms with van der Waals surface area (Å²) in [5, 5.41) is 12.0. The summed E-state index contributed by atoms with van der Waals surface area (Å²) in [6, 6.07) is 6.46. The van der Waals surface area contributed by atoms with Crippen molar-refractivity contribution in [3.63, 3.8) is 0 Å². The number of rotatable bonds is 3. The Morgan fingerprint density at radius 1 is 1.41 bits per heavy atom. The van der Waals surface area contributed by atoms with E-state index in [0.717, 1.165) is 11.1 Å². The maximum Gasteiger partial charge on any atom is 0.251 e. The monoisotopic (exact) mass is 231 g/mol. The largest absolute Gasteiger partial charge is 0.508 e. The SMILES string of the molecule is Cc1cc(O)ccc1C(=O)NCc1ccoc1. The lowest BCUT2D eigenvalue weighted by atomic mass is 10.1. The Labute approximate surface area is 98.9 Å². The van der Waals surface area contributed by atoms with Gasteiger partial charge in [-0.25, -0.2) is 0 Å². The van der Waals surface area contributed by atoms with E-state index in [0.29, 0.717) is 12.1 Å². The molecule has 4 nitrogen and oxygen atoms in total. The molecule has 0 fully saturated rings. The molecule has 0 atom stereocenters. The maximum atomic E-state index is 11.8. The quantitative estimate of drug-likeness (QED) is 0.851. The number of hydrogen-bond acceptors (Lipinski definition) is 3. The molecule has 2 aromatic rings. The van der Waals surface area contributed by atoms with Crippen molar-refractivity contribution in [1.29, 1.82) is 0 Å². The predicted octanol–water partition coefficient (Wildman–Crippen LogP) is 2.22. The van der Waals surface area contributed by atoms with Gasteiger partial charge in [0.1, 0.15) is 5.75 Å². The fraction of sp³-hybridized carbons (Fsp3) is 0.154. The van der Waals surface area contributed by atoms with Crippen LogP contribution in [0.3, 0.4) is 0 Å². The van der Waals surface area contributed by atoms with E-state index in [2.05, 4.69) is 5.32 Å². The lowest BCUT2D eigenvalue weighted by Gasteiger charge is -2.06. The molecule has 88 valence electrons. The van der Waals surface area contributed by atoms with Crippen molar-refractivity contribution in [2.45, 2.75) is 13.5 Å². The van der Waals surface area contributed by atoms with Crippen molar-refractivity contribution in [3.8, 4) is 5.75 Å². The van der Waals surface area contributed by atoms with Crippen LogP contribution < -0.4 is 5.32 Å². The van der Waals surface area contributed by atoms with E-state index in [1.165, 1.54) is 6.07 Å². The van der Waals surface area contributed by atoms with Crippen LogP contribution >= 0.6 is 0 Å². The highest BCUT2D eigenvalue weighted by Gasteiger charge is 2.09. The summed E-state index contributed by atoms with van der Waals surface area (Å²) in [5.74, 6) is -0.00224. The van der Waals surface area contributed by atoms with Gasteiger partial charge in [-0.15, -0.1) is 0 Å². The molecule has 0 radical (unpaired) electrons. The molecule has 0 aliphatic heterocycles. The third-order valence-electron chi connectivity index (χ3n) is 2.49. The molecule has 1 aromatic heterocycles. The van der Waals surface area contributed by atoms with E-state index in [9.17, 15) is 9.90 Å². The lowest BCUT2D eigenvalue weighted by molar-refractivity contribution is 0.0950. The molecule has 4 heteroatoms. The van der Waals surface area contributed by atoms with Crippen LogP contribution in [-0.4, -0.2) is 11.0 Å². The number of furan rings is 1. The zero-order valence-electron chi connectivity index (χ0n) is 9.43. The van der Waals surface area contributed by atoms with Gasteiger partial charge >= 0.3 is 0 Å². The van der Waals surface area contributed by atoms with Crippen LogP contribution in [0.25, 0.3) is 0 Å². The van der Waals surface area contributed by atoms with Crippen molar-refractivity contribution in [2.24, 2.45) is 0 Å². The zero-order valence-corrected chi connectivity index (χ0v) is 9.43. The highest BCUT2D eigenvalue weighted by Crippen LogP contribution is 2.15. The second-order valence-corrected chi connectivity index (χ2v) is 3.81. The summed E-state index contributed by atoms with van der Waals surface area (Å²) in [4.78, 5) is 11.8. The van der Waals surface area contributed by atoms with E-state index in [1.54, 1.807) is 37.6 Å². The van der Waals surface area contributed by atoms with Crippen molar-refractivity contribution in [3.05, 3.63) is 53.5 Å². The van der Waals surface area contributed by atoms with Crippen LogP contribution in [0, 0.1) is 6.92 Å². The van der Waals surface area contributed by atoms with Gasteiger partial charge in [0, 0.05) is 17.7 Å². The number of nitrogens with one attached hydrogen (secondary N) is 1. The highest BCUT2D eigenvalue weighted by molar-refractivity contribution is 5.95. The van der Waals surface area contributed by atoms with Gasteiger partial charge in [0.05, 0.1) is 12.5 Å². The summed E-state index contributed by atoms with van der Waals surface area (Å²) >= 11 is 0. The number of benzene rings is 1. The minimum atomic E-state index is -0.163. The van der Waals surface area contributed by atoms with E-state index >= 15 is 0 Å². The maximum absolute atomic E-state index is 11.8. The standard InChI is InChI=1S/C13H13NO3/c1-9-6-11(15)2-3-12(9)13(16)14-7-10-4-5-17-8-10/h2-6,8,15H,7H2,1H3,(H,14,16). The van der Waals surface area contributed by atoms with Crippen LogP contribution in [0.15, 0.2) is 41.2 Å². The van der Waals surface area contributed by atoms with E-state index in [1.807, 2.05) is 0 Å². The molecule has 1 heterocycles. The van der Waals surface area contributed by atoms with E-state index in [4.69, 9.17) is 4.42 Å². The molecule has 0 aliphatic carbocycles.